The number of carbonyl (C=O) groups is 1. The summed E-state index contributed by atoms with van der Waals surface area (Å²) < 4.78 is 11.5. The van der Waals surface area contributed by atoms with Crippen LogP contribution in [-0.4, -0.2) is 24.7 Å². The molecule has 1 aromatic rings. The number of nitrogens with one attached hydrogen (secondary N) is 1. The van der Waals surface area contributed by atoms with Crippen LogP contribution in [0, 0.1) is 6.92 Å². The summed E-state index contributed by atoms with van der Waals surface area (Å²) in [7, 11) is 0. The first-order valence-corrected chi connectivity index (χ1v) is 9.15. The molecule has 0 saturated carbocycles. The van der Waals surface area contributed by atoms with Crippen LogP contribution >= 0.6 is 0 Å². The molecule has 4 heteroatoms. The summed E-state index contributed by atoms with van der Waals surface area (Å²) in [6.07, 6.45) is 4.87. The van der Waals surface area contributed by atoms with Gasteiger partial charge in [0.15, 0.2) is 0 Å². The van der Waals surface area contributed by atoms with Gasteiger partial charge in [-0.3, -0.25) is 4.79 Å². The van der Waals surface area contributed by atoms with E-state index in [2.05, 4.69) is 19.2 Å². The quantitative estimate of drug-likeness (QED) is 0.572. The van der Waals surface area contributed by atoms with Gasteiger partial charge in [-0.2, -0.15) is 0 Å². The van der Waals surface area contributed by atoms with E-state index >= 15 is 0 Å². The molecule has 0 heterocycles. The molecular weight excluding hydrogens is 302 g/mol. The van der Waals surface area contributed by atoms with E-state index in [0.717, 1.165) is 49.1 Å². The Labute approximate surface area is 146 Å². The van der Waals surface area contributed by atoms with Crippen molar-refractivity contribution in [2.24, 2.45) is 0 Å². The zero-order valence-electron chi connectivity index (χ0n) is 15.9. The van der Waals surface area contributed by atoms with Gasteiger partial charge in [0.1, 0.15) is 11.4 Å². The Morgan fingerprint density at radius 1 is 1.17 bits per heavy atom. The van der Waals surface area contributed by atoms with E-state index in [-0.39, 0.29) is 5.91 Å². The average Bonchev–Trinajstić information content (AvgIpc) is 2.56. The summed E-state index contributed by atoms with van der Waals surface area (Å²) in [5.74, 6) is 0.777. The van der Waals surface area contributed by atoms with E-state index in [0.29, 0.717) is 13.2 Å². The fraction of sp³-hybridized carbons (Fsp3) is 0.650. The molecular formula is C20H33NO3. The molecule has 1 amide bonds. The van der Waals surface area contributed by atoms with Crippen LogP contribution in [0.2, 0.25) is 0 Å². The van der Waals surface area contributed by atoms with Gasteiger partial charge in [-0.1, -0.05) is 33.1 Å². The number of hydrogen-bond donors (Lipinski definition) is 1. The van der Waals surface area contributed by atoms with Crippen molar-refractivity contribution < 1.29 is 14.3 Å². The first-order chi connectivity index (χ1) is 11.5. The predicted octanol–water partition coefficient (Wildman–Crippen LogP) is 5.10. The third-order valence-corrected chi connectivity index (χ3v) is 4.10. The number of amides is 1. The molecule has 0 spiro atoms. The lowest BCUT2D eigenvalue weighted by atomic mass is 9.96. The largest absolute Gasteiger partial charge is 0.494 e. The Bertz CT molecular complexity index is 516. The number of rotatable bonds is 11. The molecule has 0 aliphatic heterocycles. The third kappa shape index (κ3) is 6.16. The lowest BCUT2D eigenvalue weighted by Crippen LogP contribution is -2.43. The van der Waals surface area contributed by atoms with Crippen molar-refractivity contribution in [3.63, 3.8) is 0 Å². The van der Waals surface area contributed by atoms with Gasteiger partial charge in [0.2, 0.25) is 0 Å². The molecule has 136 valence electrons. The molecule has 1 rings (SSSR count). The minimum absolute atomic E-state index is 0.0735. The van der Waals surface area contributed by atoms with E-state index in [9.17, 15) is 4.79 Å². The van der Waals surface area contributed by atoms with Gasteiger partial charge in [-0.05, 0) is 57.4 Å². The minimum Gasteiger partial charge on any atom is -0.494 e. The van der Waals surface area contributed by atoms with Gasteiger partial charge in [-0.15, -0.1) is 0 Å². The van der Waals surface area contributed by atoms with Crippen LogP contribution in [0.4, 0.5) is 5.69 Å². The molecule has 0 aliphatic carbocycles. The number of anilines is 1. The first-order valence-electron chi connectivity index (χ1n) is 9.15. The van der Waals surface area contributed by atoms with Crippen molar-refractivity contribution in [3.05, 3.63) is 23.8 Å². The van der Waals surface area contributed by atoms with Gasteiger partial charge >= 0.3 is 0 Å². The van der Waals surface area contributed by atoms with E-state index in [1.807, 2.05) is 39.0 Å². The van der Waals surface area contributed by atoms with Crippen LogP contribution in [0.3, 0.4) is 0 Å². The summed E-state index contributed by atoms with van der Waals surface area (Å²) in [4.78, 5) is 12.8. The number of ether oxygens (including phenoxy) is 2. The topological polar surface area (TPSA) is 47.6 Å². The maximum atomic E-state index is 12.8. The summed E-state index contributed by atoms with van der Waals surface area (Å²) in [5, 5.41) is 3.01. The summed E-state index contributed by atoms with van der Waals surface area (Å²) in [6, 6.07) is 5.72. The smallest absolute Gasteiger partial charge is 0.256 e. The van der Waals surface area contributed by atoms with Crippen molar-refractivity contribution >= 4 is 11.6 Å². The lowest BCUT2D eigenvalue weighted by molar-refractivity contribution is -0.140. The highest BCUT2D eigenvalue weighted by Gasteiger charge is 2.33. The summed E-state index contributed by atoms with van der Waals surface area (Å²) in [6.45, 7) is 11.3. The average molecular weight is 335 g/mol. The van der Waals surface area contributed by atoms with Crippen molar-refractivity contribution in [2.75, 3.05) is 18.5 Å². The number of aryl methyl sites for hydroxylation is 1. The molecule has 0 radical (unpaired) electrons. The monoisotopic (exact) mass is 335 g/mol. The third-order valence-electron chi connectivity index (χ3n) is 4.10. The fourth-order valence-electron chi connectivity index (χ4n) is 2.60. The van der Waals surface area contributed by atoms with Gasteiger partial charge < -0.3 is 14.8 Å². The molecule has 4 nitrogen and oxygen atoms in total. The van der Waals surface area contributed by atoms with Crippen LogP contribution in [0.5, 0.6) is 5.75 Å². The Morgan fingerprint density at radius 3 is 2.50 bits per heavy atom. The number of benzene rings is 1. The van der Waals surface area contributed by atoms with E-state index in [1.165, 1.54) is 0 Å². The van der Waals surface area contributed by atoms with Crippen molar-refractivity contribution in [2.45, 2.75) is 72.3 Å². The van der Waals surface area contributed by atoms with Crippen molar-refractivity contribution in [1.29, 1.82) is 0 Å². The highest BCUT2D eigenvalue weighted by atomic mass is 16.5. The predicted molar refractivity (Wildman–Crippen MR) is 99.8 cm³/mol. The van der Waals surface area contributed by atoms with Gasteiger partial charge in [0, 0.05) is 12.3 Å². The van der Waals surface area contributed by atoms with E-state index in [1.54, 1.807) is 0 Å². The Hall–Kier alpha value is -1.55. The number of carbonyl (C=O) groups excluding carboxylic acids is 1. The Balaban J connectivity index is 2.80. The molecule has 0 aliphatic rings. The van der Waals surface area contributed by atoms with Crippen molar-refractivity contribution in [3.8, 4) is 5.75 Å². The molecule has 1 atom stereocenters. The van der Waals surface area contributed by atoms with Crippen LogP contribution < -0.4 is 10.1 Å². The fourth-order valence-corrected chi connectivity index (χ4v) is 2.60. The standard InChI is InChI=1S/C20H33NO3/c1-6-9-10-13-20(5,24-14-7-2)19(22)21-17-11-12-18(23-8-3)16(4)15-17/h11-12,15H,6-10,13-14H2,1-5H3,(H,21,22). The van der Waals surface area contributed by atoms with Gasteiger partial charge in [0.05, 0.1) is 6.61 Å². The Kier molecular flexibility index (Phi) is 8.83. The van der Waals surface area contributed by atoms with Crippen LogP contribution in [0.1, 0.15) is 65.4 Å². The minimum atomic E-state index is -0.780. The SMILES string of the molecule is CCCCCC(C)(OCCC)C(=O)Nc1ccc(OCC)c(C)c1. The highest BCUT2D eigenvalue weighted by Crippen LogP contribution is 2.25. The zero-order chi connectivity index (χ0) is 18.0. The molecule has 1 N–H and O–H groups in total. The van der Waals surface area contributed by atoms with Gasteiger partial charge in [0.25, 0.3) is 5.91 Å². The van der Waals surface area contributed by atoms with E-state index in [4.69, 9.17) is 9.47 Å². The van der Waals surface area contributed by atoms with Crippen LogP contribution in [0.15, 0.2) is 18.2 Å². The van der Waals surface area contributed by atoms with Crippen LogP contribution in [-0.2, 0) is 9.53 Å². The molecule has 1 unspecified atom stereocenters. The normalized spacial score (nSPS) is 13.4. The molecule has 0 fully saturated rings. The lowest BCUT2D eigenvalue weighted by Gasteiger charge is -2.29. The summed E-state index contributed by atoms with van der Waals surface area (Å²) in [5.41, 5.74) is 1.01. The maximum Gasteiger partial charge on any atom is 0.256 e. The summed E-state index contributed by atoms with van der Waals surface area (Å²) >= 11 is 0. The molecule has 0 bridgehead atoms. The Morgan fingerprint density at radius 2 is 1.92 bits per heavy atom. The maximum absolute atomic E-state index is 12.8. The molecule has 0 saturated heterocycles. The number of hydrogen-bond acceptors (Lipinski definition) is 3. The van der Waals surface area contributed by atoms with E-state index < -0.39 is 5.60 Å². The molecule has 0 aromatic heterocycles. The van der Waals surface area contributed by atoms with Crippen LogP contribution in [0.25, 0.3) is 0 Å². The number of unbranched alkanes of at least 4 members (excludes halogenated alkanes) is 2. The second kappa shape index (κ2) is 10.3. The van der Waals surface area contributed by atoms with Crippen molar-refractivity contribution in [1.82, 2.24) is 0 Å². The second-order valence-corrected chi connectivity index (χ2v) is 6.40. The first kappa shape index (κ1) is 20.5. The molecule has 1 aromatic carbocycles. The molecule has 24 heavy (non-hydrogen) atoms. The highest BCUT2D eigenvalue weighted by molar-refractivity contribution is 5.97. The zero-order valence-corrected chi connectivity index (χ0v) is 15.9. The second-order valence-electron chi connectivity index (χ2n) is 6.40. The van der Waals surface area contributed by atoms with Gasteiger partial charge in [-0.25, -0.2) is 0 Å².